The Bertz CT molecular complexity index is 662. The van der Waals surface area contributed by atoms with Crippen LogP contribution in [0.15, 0.2) is 24.3 Å². The van der Waals surface area contributed by atoms with Crippen molar-refractivity contribution in [3.63, 3.8) is 0 Å². The van der Waals surface area contributed by atoms with Crippen LogP contribution in [-0.2, 0) is 15.0 Å². The summed E-state index contributed by atoms with van der Waals surface area (Å²) in [6.45, 7) is 2.99. The molecule has 2 aliphatic rings. The second kappa shape index (κ2) is 6.26. The van der Waals surface area contributed by atoms with E-state index in [0.29, 0.717) is 31.8 Å². The monoisotopic (exact) mass is 330 g/mol. The Morgan fingerprint density at radius 2 is 1.83 bits per heavy atom. The number of benzene rings is 1. The normalized spacial score (nSPS) is 25.5. The molecule has 0 aliphatic carbocycles. The Morgan fingerprint density at radius 1 is 1.21 bits per heavy atom. The SMILES string of the molecule is C[C@]1(c2ccc(C3CCN(C(=O)O)CC3)cc2)CCC(=O)NC1=O. The standard InChI is InChI=1S/C18H22N2O4/c1-18(9-6-15(21)19-16(18)22)14-4-2-12(3-5-14)13-7-10-20(11-8-13)17(23)24/h2-5,13H,6-11H2,1H3,(H,23,24)(H,19,21,22)/t18-/m1/s1. The van der Waals surface area contributed by atoms with Gasteiger partial charge in [-0.15, -0.1) is 0 Å². The number of nitrogens with one attached hydrogen (secondary N) is 1. The van der Waals surface area contributed by atoms with E-state index in [4.69, 9.17) is 5.11 Å². The van der Waals surface area contributed by atoms with Gasteiger partial charge in [-0.25, -0.2) is 4.79 Å². The van der Waals surface area contributed by atoms with E-state index < -0.39 is 11.5 Å². The Labute approximate surface area is 140 Å². The van der Waals surface area contributed by atoms with Crippen LogP contribution in [0.3, 0.4) is 0 Å². The summed E-state index contributed by atoms with van der Waals surface area (Å²) in [5.41, 5.74) is 1.43. The fourth-order valence-electron chi connectivity index (χ4n) is 3.61. The van der Waals surface area contributed by atoms with Gasteiger partial charge in [0.2, 0.25) is 11.8 Å². The van der Waals surface area contributed by atoms with Crippen molar-refractivity contribution in [2.24, 2.45) is 0 Å². The van der Waals surface area contributed by atoms with E-state index in [1.165, 1.54) is 10.5 Å². The maximum Gasteiger partial charge on any atom is 0.407 e. The van der Waals surface area contributed by atoms with Crippen LogP contribution in [-0.4, -0.2) is 41.0 Å². The molecule has 2 heterocycles. The molecule has 2 aliphatic heterocycles. The molecule has 24 heavy (non-hydrogen) atoms. The smallest absolute Gasteiger partial charge is 0.407 e. The molecule has 6 heteroatoms. The van der Waals surface area contributed by atoms with Crippen molar-refractivity contribution in [3.8, 4) is 0 Å². The number of piperidine rings is 2. The first-order valence-corrected chi connectivity index (χ1v) is 8.33. The molecule has 3 amide bonds. The molecule has 2 N–H and O–H groups in total. The maximum atomic E-state index is 12.2. The second-order valence-corrected chi connectivity index (χ2v) is 6.88. The lowest BCUT2D eigenvalue weighted by Gasteiger charge is -2.33. The highest BCUT2D eigenvalue weighted by molar-refractivity contribution is 6.03. The summed E-state index contributed by atoms with van der Waals surface area (Å²) in [6.07, 6.45) is 1.66. The summed E-state index contributed by atoms with van der Waals surface area (Å²) in [5.74, 6) is -0.0928. The third-order valence-electron chi connectivity index (χ3n) is 5.39. The summed E-state index contributed by atoms with van der Waals surface area (Å²) in [5, 5.41) is 11.4. The van der Waals surface area contributed by atoms with E-state index in [9.17, 15) is 14.4 Å². The number of nitrogens with zero attached hydrogens (tertiary/aromatic N) is 1. The molecule has 6 nitrogen and oxygen atoms in total. The molecule has 0 saturated carbocycles. The lowest BCUT2D eigenvalue weighted by Crippen LogP contribution is -2.49. The number of carbonyl (C=O) groups excluding carboxylic acids is 2. The number of carbonyl (C=O) groups is 3. The van der Waals surface area contributed by atoms with Crippen LogP contribution in [0, 0.1) is 0 Å². The minimum atomic E-state index is -0.852. The summed E-state index contributed by atoms with van der Waals surface area (Å²) >= 11 is 0. The zero-order valence-electron chi connectivity index (χ0n) is 13.7. The lowest BCUT2D eigenvalue weighted by atomic mass is 9.75. The topological polar surface area (TPSA) is 86.7 Å². The molecule has 128 valence electrons. The van der Waals surface area contributed by atoms with Gasteiger partial charge in [0.15, 0.2) is 0 Å². The number of hydrogen-bond donors (Lipinski definition) is 2. The van der Waals surface area contributed by atoms with E-state index in [-0.39, 0.29) is 11.8 Å². The fraction of sp³-hybridized carbons (Fsp3) is 0.500. The molecule has 1 atom stereocenters. The molecule has 0 radical (unpaired) electrons. The summed E-state index contributed by atoms with van der Waals surface area (Å²) in [7, 11) is 0. The first-order chi connectivity index (χ1) is 11.4. The third kappa shape index (κ3) is 3.00. The van der Waals surface area contributed by atoms with Gasteiger partial charge in [-0.05, 0) is 43.2 Å². The third-order valence-corrected chi connectivity index (χ3v) is 5.39. The zero-order valence-corrected chi connectivity index (χ0v) is 13.7. The highest BCUT2D eigenvalue weighted by Crippen LogP contribution is 2.34. The molecular weight excluding hydrogens is 308 g/mol. The average Bonchev–Trinajstić information content (AvgIpc) is 2.59. The maximum absolute atomic E-state index is 12.2. The highest BCUT2D eigenvalue weighted by atomic mass is 16.4. The molecule has 0 unspecified atom stereocenters. The second-order valence-electron chi connectivity index (χ2n) is 6.88. The van der Waals surface area contributed by atoms with Gasteiger partial charge in [0, 0.05) is 19.5 Å². The van der Waals surface area contributed by atoms with Crippen LogP contribution in [0.2, 0.25) is 0 Å². The van der Waals surface area contributed by atoms with E-state index in [2.05, 4.69) is 5.32 Å². The fourth-order valence-corrected chi connectivity index (χ4v) is 3.61. The quantitative estimate of drug-likeness (QED) is 0.814. The van der Waals surface area contributed by atoms with E-state index in [1.807, 2.05) is 31.2 Å². The van der Waals surface area contributed by atoms with Crippen LogP contribution in [0.1, 0.15) is 49.7 Å². The van der Waals surface area contributed by atoms with Crippen molar-refractivity contribution < 1.29 is 19.5 Å². The number of amides is 3. The number of rotatable bonds is 2. The number of carboxylic acid groups (broad SMARTS) is 1. The van der Waals surface area contributed by atoms with Crippen LogP contribution in [0.5, 0.6) is 0 Å². The Balaban J connectivity index is 1.71. The van der Waals surface area contributed by atoms with E-state index in [0.717, 1.165) is 18.4 Å². The van der Waals surface area contributed by atoms with Crippen molar-refractivity contribution in [2.45, 2.75) is 43.9 Å². The number of hydrogen-bond acceptors (Lipinski definition) is 3. The molecule has 2 fully saturated rings. The molecule has 1 aromatic carbocycles. The summed E-state index contributed by atoms with van der Waals surface area (Å²) in [6, 6.07) is 8.00. The molecular formula is C18H22N2O4. The van der Waals surface area contributed by atoms with Gasteiger partial charge >= 0.3 is 6.09 Å². The van der Waals surface area contributed by atoms with E-state index in [1.54, 1.807) is 0 Å². The molecule has 0 aromatic heterocycles. The number of likely N-dealkylation sites (tertiary alicyclic amines) is 1. The predicted octanol–water partition coefficient (Wildman–Crippen LogP) is 2.24. The van der Waals surface area contributed by atoms with Crippen molar-refractivity contribution in [1.29, 1.82) is 0 Å². The Kier molecular flexibility index (Phi) is 4.30. The molecule has 0 bridgehead atoms. The van der Waals surface area contributed by atoms with Gasteiger partial charge < -0.3 is 10.0 Å². The Morgan fingerprint density at radius 3 is 2.38 bits per heavy atom. The first-order valence-electron chi connectivity index (χ1n) is 8.33. The summed E-state index contributed by atoms with van der Waals surface area (Å²) < 4.78 is 0. The minimum absolute atomic E-state index is 0.209. The summed E-state index contributed by atoms with van der Waals surface area (Å²) in [4.78, 5) is 36.0. The largest absolute Gasteiger partial charge is 0.465 e. The molecule has 1 aromatic rings. The van der Waals surface area contributed by atoms with Crippen LogP contribution < -0.4 is 5.32 Å². The molecule has 2 saturated heterocycles. The predicted molar refractivity (Wildman–Crippen MR) is 87.8 cm³/mol. The van der Waals surface area contributed by atoms with Gasteiger partial charge in [-0.3, -0.25) is 14.9 Å². The van der Waals surface area contributed by atoms with Crippen LogP contribution in [0.4, 0.5) is 4.79 Å². The van der Waals surface area contributed by atoms with Gasteiger partial charge in [-0.1, -0.05) is 24.3 Å². The van der Waals surface area contributed by atoms with Gasteiger partial charge in [0.05, 0.1) is 5.41 Å². The van der Waals surface area contributed by atoms with Gasteiger partial charge in [-0.2, -0.15) is 0 Å². The molecule has 0 spiro atoms. The first kappa shape index (κ1) is 16.5. The van der Waals surface area contributed by atoms with Crippen LogP contribution >= 0.6 is 0 Å². The van der Waals surface area contributed by atoms with Crippen molar-refractivity contribution in [3.05, 3.63) is 35.4 Å². The van der Waals surface area contributed by atoms with Crippen molar-refractivity contribution >= 4 is 17.9 Å². The Hall–Kier alpha value is -2.37. The highest BCUT2D eigenvalue weighted by Gasteiger charge is 2.39. The molecule has 3 rings (SSSR count). The van der Waals surface area contributed by atoms with Crippen LogP contribution in [0.25, 0.3) is 0 Å². The van der Waals surface area contributed by atoms with Crippen molar-refractivity contribution in [2.75, 3.05) is 13.1 Å². The van der Waals surface area contributed by atoms with Crippen molar-refractivity contribution in [1.82, 2.24) is 10.2 Å². The lowest BCUT2D eigenvalue weighted by molar-refractivity contribution is -0.137. The zero-order chi connectivity index (χ0) is 17.3. The minimum Gasteiger partial charge on any atom is -0.465 e. The van der Waals surface area contributed by atoms with E-state index >= 15 is 0 Å². The van der Waals surface area contributed by atoms with Gasteiger partial charge in [0.1, 0.15) is 0 Å². The van der Waals surface area contributed by atoms with Gasteiger partial charge in [0.25, 0.3) is 0 Å². The number of imide groups is 1. The average molecular weight is 330 g/mol.